The van der Waals surface area contributed by atoms with Gasteiger partial charge in [0, 0.05) is 18.6 Å². The molecule has 1 aromatic carbocycles. The number of carbonyl (C=O) groups excluding carboxylic acids is 1. The van der Waals surface area contributed by atoms with E-state index in [4.69, 9.17) is 4.74 Å². The highest BCUT2D eigenvalue weighted by Crippen LogP contribution is 2.45. The minimum Gasteiger partial charge on any atom is -0.479 e. The number of carbonyl (C=O) groups is 2. The quantitative estimate of drug-likeness (QED) is 0.876. The smallest absolute Gasteiger partial charge is 0.411 e. The molecule has 0 radical (unpaired) electrons. The van der Waals surface area contributed by atoms with Gasteiger partial charge in [-0.05, 0) is 44.2 Å². The lowest BCUT2D eigenvalue weighted by Crippen LogP contribution is -2.64. The van der Waals surface area contributed by atoms with Crippen LogP contribution in [0.2, 0.25) is 0 Å². The maximum Gasteiger partial charge on any atom is 0.411 e. The Kier molecular flexibility index (Phi) is 4.61. The summed E-state index contributed by atoms with van der Waals surface area (Å²) in [6.07, 6.45) is 4.70. The Hall–Kier alpha value is -2.08. The highest BCUT2D eigenvalue weighted by molar-refractivity contribution is 5.86. The Bertz CT molecular complexity index is 676. The molecule has 140 valence electrons. The highest BCUT2D eigenvalue weighted by atomic mass is 16.6. The van der Waals surface area contributed by atoms with Crippen LogP contribution in [0, 0.1) is 0 Å². The van der Waals surface area contributed by atoms with Crippen molar-refractivity contribution in [2.45, 2.75) is 62.8 Å². The van der Waals surface area contributed by atoms with E-state index in [1.165, 1.54) is 0 Å². The molecule has 1 N–H and O–H groups in total. The molecule has 0 aromatic heterocycles. The monoisotopic (exact) mass is 358 g/mol. The number of piperidine rings is 1. The topological polar surface area (TPSA) is 70.1 Å². The molecular weight excluding hydrogens is 332 g/mol. The third kappa shape index (κ3) is 2.96. The number of nitrogens with zero attached hydrogens (tertiary/aromatic N) is 2. The van der Waals surface area contributed by atoms with E-state index in [1.54, 1.807) is 4.90 Å². The number of rotatable bonds is 5. The van der Waals surface area contributed by atoms with Gasteiger partial charge in [0.1, 0.15) is 6.61 Å². The lowest BCUT2D eigenvalue weighted by Gasteiger charge is -2.44. The van der Waals surface area contributed by atoms with Crippen LogP contribution >= 0.6 is 0 Å². The number of aliphatic carboxylic acids is 1. The van der Waals surface area contributed by atoms with Crippen LogP contribution < -0.4 is 0 Å². The Labute approximate surface area is 153 Å². The number of benzene rings is 1. The molecule has 2 heterocycles. The number of carboxylic acid groups (broad SMARTS) is 1. The van der Waals surface area contributed by atoms with E-state index in [0.717, 1.165) is 50.8 Å². The number of fused-ring (bicyclic) bond motifs is 1. The van der Waals surface area contributed by atoms with Gasteiger partial charge in [-0.25, -0.2) is 9.59 Å². The van der Waals surface area contributed by atoms with E-state index in [1.807, 2.05) is 30.3 Å². The molecule has 1 saturated carbocycles. The molecule has 0 spiro atoms. The summed E-state index contributed by atoms with van der Waals surface area (Å²) >= 11 is 0. The van der Waals surface area contributed by atoms with Crippen molar-refractivity contribution in [3.05, 3.63) is 35.9 Å². The van der Waals surface area contributed by atoms with E-state index in [0.29, 0.717) is 6.42 Å². The lowest BCUT2D eigenvalue weighted by atomic mass is 9.83. The first-order valence-electron chi connectivity index (χ1n) is 9.60. The van der Waals surface area contributed by atoms with Gasteiger partial charge in [0.05, 0.1) is 0 Å². The Morgan fingerprint density at radius 3 is 2.62 bits per heavy atom. The van der Waals surface area contributed by atoms with Gasteiger partial charge in [0.25, 0.3) is 0 Å². The average molecular weight is 358 g/mol. The first kappa shape index (κ1) is 17.3. The van der Waals surface area contributed by atoms with Gasteiger partial charge in [0.15, 0.2) is 5.54 Å². The zero-order valence-corrected chi connectivity index (χ0v) is 15.0. The van der Waals surface area contributed by atoms with E-state index in [9.17, 15) is 14.7 Å². The Morgan fingerprint density at radius 2 is 1.92 bits per heavy atom. The predicted octanol–water partition coefficient (Wildman–Crippen LogP) is 2.87. The number of amides is 1. The molecule has 3 aliphatic rings. The van der Waals surface area contributed by atoms with Crippen LogP contribution in [0.1, 0.15) is 44.1 Å². The van der Waals surface area contributed by atoms with Crippen LogP contribution in [-0.4, -0.2) is 57.7 Å². The maximum absolute atomic E-state index is 13.0. The highest BCUT2D eigenvalue weighted by Gasteiger charge is 2.61. The van der Waals surface area contributed by atoms with Crippen LogP contribution in [0.25, 0.3) is 0 Å². The third-order valence-corrected chi connectivity index (χ3v) is 6.06. The second-order valence-corrected chi connectivity index (χ2v) is 7.67. The molecule has 2 saturated heterocycles. The van der Waals surface area contributed by atoms with Crippen molar-refractivity contribution in [2.24, 2.45) is 0 Å². The first-order chi connectivity index (χ1) is 12.6. The molecule has 4 rings (SSSR count). The van der Waals surface area contributed by atoms with Gasteiger partial charge in [-0.3, -0.25) is 9.80 Å². The molecule has 6 nitrogen and oxygen atoms in total. The van der Waals surface area contributed by atoms with Crippen molar-refractivity contribution in [3.63, 3.8) is 0 Å². The van der Waals surface area contributed by atoms with Gasteiger partial charge in [-0.15, -0.1) is 0 Å². The zero-order chi connectivity index (χ0) is 18.1. The molecule has 2 atom stereocenters. The summed E-state index contributed by atoms with van der Waals surface area (Å²) in [5.74, 6) is -0.879. The fourth-order valence-electron chi connectivity index (χ4n) is 4.67. The predicted molar refractivity (Wildman–Crippen MR) is 95.7 cm³/mol. The van der Waals surface area contributed by atoms with Gasteiger partial charge >= 0.3 is 12.1 Å². The van der Waals surface area contributed by atoms with Crippen molar-refractivity contribution >= 4 is 12.1 Å². The summed E-state index contributed by atoms with van der Waals surface area (Å²) in [7, 11) is 0. The second kappa shape index (κ2) is 6.91. The van der Waals surface area contributed by atoms with Gasteiger partial charge in [0.2, 0.25) is 0 Å². The summed E-state index contributed by atoms with van der Waals surface area (Å²) in [5.41, 5.74) is -0.235. The maximum atomic E-state index is 13.0. The minimum atomic E-state index is -1.14. The molecule has 0 bridgehead atoms. The largest absolute Gasteiger partial charge is 0.479 e. The van der Waals surface area contributed by atoms with E-state index in [-0.39, 0.29) is 18.7 Å². The number of ether oxygens (including phenoxy) is 1. The molecule has 1 aliphatic carbocycles. The molecule has 1 aromatic rings. The minimum absolute atomic E-state index is 0.00347. The number of carboxylic acids is 1. The van der Waals surface area contributed by atoms with E-state index in [2.05, 4.69) is 4.90 Å². The van der Waals surface area contributed by atoms with Crippen LogP contribution in [0.5, 0.6) is 0 Å². The molecule has 1 amide bonds. The molecule has 2 aliphatic heterocycles. The second-order valence-electron chi connectivity index (χ2n) is 7.67. The van der Waals surface area contributed by atoms with E-state index >= 15 is 0 Å². The fraction of sp³-hybridized carbons (Fsp3) is 0.600. The normalized spacial score (nSPS) is 28.4. The standard InChI is InChI=1S/C20H26N2O4/c23-18(24)20(11-13-21-12-5-4-8-17(20)21)22(16-9-10-16)19(25)26-14-15-6-2-1-3-7-15/h1-3,6-7,16-17H,4-5,8-14H2,(H,23,24). The summed E-state index contributed by atoms with van der Waals surface area (Å²) in [6.45, 7) is 1.84. The third-order valence-electron chi connectivity index (χ3n) is 6.06. The van der Waals surface area contributed by atoms with Crippen molar-refractivity contribution in [2.75, 3.05) is 13.1 Å². The fourth-order valence-corrected chi connectivity index (χ4v) is 4.67. The van der Waals surface area contributed by atoms with Crippen LogP contribution in [0.4, 0.5) is 4.79 Å². The summed E-state index contributed by atoms with van der Waals surface area (Å²) in [5, 5.41) is 10.2. The molecule has 6 heteroatoms. The van der Waals surface area contributed by atoms with Crippen LogP contribution in [-0.2, 0) is 16.1 Å². The zero-order valence-electron chi connectivity index (χ0n) is 15.0. The molecule has 26 heavy (non-hydrogen) atoms. The van der Waals surface area contributed by atoms with Crippen molar-refractivity contribution in [1.29, 1.82) is 0 Å². The van der Waals surface area contributed by atoms with Gasteiger partial charge in [-0.1, -0.05) is 36.8 Å². The Balaban J connectivity index is 1.57. The number of hydrogen-bond acceptors (Lipinski definition) is 4. The summed E-state index contributed by atoms with van der Waals surface area (Å²) in [4.78, 5) is 29.3. The van der Waals surface area contributed by atoms with Crippen molar-refractivity contribution in [3.8, 4) is 0 Å². The van der Waals surface area contributed by atoms with E-state index < -0.39 is 17.6 Å². The average Bonchev–Trinajstić information content (AvgIpc) is 3.41. The number of hydrogen-bond donors (Lipinski definition) is 1. The van der Waals surface area contributed by atoms with Crippen molar-refractivity contribution < 1.29 is 19.4 Å². The molecule has 3 fully saturated rings. The summed E-state index contributed by atoms with van der Waals surface area (Å²) in [6, 6.07) is 9.42. The van der Waals surface area contributed by atoms with Gasteiger partial charge in [-0.2, -0.15) is 0 Å². The first-order valence-corrected chi connectivity index (χ1v) is 9.60. The van der Waals surface area contributed by atoms with Gasteiger partial charge < -0.3 is 9.84 Å². The van der Waals surface area contributed by atoms with Crippen molar-refractivity contribution in [1.82, 2.24) is 9.80 Å². The lowest BCUT2D eigenvalue weighted by molar-refractivity contribution is -0.153. The molecular formula is C20H26N2O4. The summed E-state index contributed by atoms with van der Waals surface area (Å²) < 4.78 is 5.56. The van der Waals surface area contributed by atoms with Crippen LogP contribution in [0.15, 0.2) is 30.3 Å². The Morgan fingerprint density at radius 1 is 1.15 bits per heavy atom. The SMILES string of the molecule is O=C(OCc1ccccc1)N(C1CC1)C1(C(=O)O)CCN2CCCCC21. The van der Waals surface area contributed by atoms with Crippen LogP contribution in [0.3, 0.4) is 0 Å². The molecule has 2 unspecified atom stereocenters.